The maximum Gasteiger partial charge on any atom is 0.179 e. The number of hydrogen-bond donors (Lipinski definition) is 1. The van der Waals surface area contributed by atoms with E-state index < -0.39 is 0 Å². The number of aromatic nitrogens is 2. The van der Waals surface area contributed by atoms with Crippen LogP contribution in [0.5, 0.6) is 11.5 Å². The summed E-state index contributed by atoms with van der Waals surface area (Å²) in [5.74, 6) is 1.49. The van der Waals surface area contributed by atoms with Gasteiger partial charge in [-0.2, -0.15) is 0 Å². The van der Waals surface area contributed by atoms with E-state index in [4.69, 9.17) is 26.2 Å². The number of benzene rings is 1. The maximum atomic E-state index is 8.96. The molecule has 1 aromatic carbocycles. The molecule has 0 aliphatic carbocycles. The predicted molar refractivity (Wildman–Crippen MR) is 71.5 cm³/mol. The Kier molecular flexibility index (Phi) is 4.19. The lowest BCUT2D eigenvalue weighted by atomic mass is 10.2. The molecule has 0 atom stereocenters. The molecule has 0 aliphatic rings. The molecule has 0 spiro atoms. The van der Waals surface area contributed by atoms with Crippen LogP contribution >= 0.6 is 11.6 Å². The summed E-state index contributed by atoms with van der Waals surface area (Å²) in [6.45, 7) is -0.0903. The molecule has 0 saturated heterocycles. The molecule has 0 bridgehead atoms. The molecule has 6 heteroatoms. The fourth-order valence-corrected chi connectivity index (χ4v) is 1.92. The van der Waals surface area contributed by atoms with E-state index in [0.29, 0.717) is 33.5 Å². The molecule has 5 nitrogen and oxygen atoms in total. The number of aliphatic hydroxyl groups is 1. The average molecular weight is 281 g/mol. The summed E-state index contributed by atoms with van der Waals surface area (Å²) in [6.07, 6.45) is 3.12. The Labute approximate surface area is 115 Å². The Morgan fingerprint density at radius 1 is 1.16 bits per heavy atom. The first-order valence-corrected chi connectivity index (χ1v) is 5.91. The number of hydrogen-bond acceptors (Lipinski definition) is 5. The van der Waals surface area contributed by atoms with Crippen molar-refractivity contribution in [2.45, 2.75) is 6.61 Å². The van der Waals surface area contributed by atoms with Gasteiger partial charge in [0.15, 0.2) is 17.3 Å². The van der Waals surface area contributed by atoms with Crippen molar-refractivity contribution in [1.82, 2.24) is 9.97 Å². The zero-order valence-corrected chi connectivity index (χ0v) is 11.3. The van der Waals surface area contributed by atoms with E-state index in [9.17, 15) is 0 Å². The molecule has 0 radical (unpaired) electrons. The summed E-state index contributed by atoms with van der Waals surface area (Å²) < 4.78 is 10.4. The quantitative estimate of drug-likeness (QED) is 0.931. The first-order chi connectivity index (χ1) is 9.19. The van der Waals surface area contributed by atoms with Crippen LogP contribution in [0, 0.1) is 0 Å². The lowest BCUT2D eigenvalue weighted by molar-refractivity contribution is 0.281. The largest absolute Gasteiger partial charge is 0.493 e. The minimum atomic E-state index is -0.0903. The molecule has 1 N–H and O–H groups in total. The second-order valence-electron chi connectivity index (χ2n) is 3.77. The van der Waals surface area contributed by atoms with Gasteiger partial charge in [-0.25, -0.2) is 9.97 Å². The summed E-state index contributed by atoms with van der Waals surface area (Å²) in [7, 11) is 3.06. The molecule has 0 unspecified atom stereocenters. The fourth-order valence-electron chi connectivity index (χ4n) is 1.63. The minimum absolute atomic E-state index is 0.0903. The zero-order valence-electron chi connectivity index (χ0n) is 10.6. The molecule has 19 heavy (non-hydrogen) atoms. The van der Waals surface area contributed by atoms with Crippen LogP contribution in [0.25, 0.3) is 11.4 Å². The summed E-state index contributed by atoms with van der Waals surface area (Å²) in [5, 5.41) is 9.38. The second-order valence-corrected chi connectivity index (χ2v) is 4.17. The highest BCUT2D eigenvalue weighted by Gasteiger charge is 2.13. The van der Waals surface area contributed by atoms with E-state index in [2.05, 4.69) is 9.97 Å². The number of rotatable bonds is 4. The Morgan fingerprint density at radius 2 is 1.84 bits per heavy atom. The molecule has 2 aromatic rings. The SMILES string of the molecule is COc1cc(-c2ncc(CO)cn2)cc(Cl)c1OC. The monoisotopic (exact) mass is 280 g/mol. The standard InChI is InChI=1S/C13H13ClN2O3/c1-18-11-4-9(3-10(14)12(11)19-2)13-15-5-8(7-17)6-16-13/h3-6,17H,7H2,1-2H3. The van der Waals surface area contributed by atoms with E-state index in [0.717, 1.165) is 0 Å². The van der Waals surface area contributed by atoms with Crippen LogP contribution in [0.15, 0.2) is 24.5 Å². The molecule has 0 amide bonds. The Morgan fingerprint density at radius 3 is 2.37 bits per heavy atom. The van der Waals surface area contributed by atoms with Gasteiger partial charge in [0.2, 0.25) is 0 Å². The molecule has 0 fully saturated rings. The van der Waals surface area contributed by atoms with Crippen LogP contribution in [-0.4, -0.2) is 29.3 Å². The number of halogens is 1. The highest BCUT2D eigenvalue weighted by molar-refractivity contribution is 6.32. The third-order valence-electron chi connectivity index (χ3n) is 2.58. The highest BCUT2D eigenvalue weighted by atomic mass is 35.5. The van der Waals surface area contributed by atoms with Crippen LogP contribution in [-0.2, 0) is 6.61 Å². The summed E-state index contributed by atoms with van der Waals surface area (Å²) in [5.41, 5.74) is 1.36. The molecule has 1 aromatic heterocycles. The Hall–Kier alpha value is -1.85. The van der Waals surface area contributed by atoms with Crippen LogP contribution in [0.3, 0.4) is 0 Å². The number of aliphatic hydroxyl groups excluding tert-OH is 1. The summed E-state index contributed by atoms with van der Waals surface area (Å²) >= 11 is 6.12. The lowest BCUT2D eigenvalue weighted by Gasteiger charge is -2.11. The van der Waals surface area contributed by atoms with E-state index in [1.54, 1.807) is 24.5 Å². The van der Waals surface area contributed by atoms with Crippen molar-refractivity contribution in [3.63, 3.8) is 0 Å². The predicted octanol–water partition coefficient (Wildman–Crippen LogP) is 2.31. The Bertz CT molecular complexity index is 573. The van der Waals surface area contributed by atoms with Crippen LogP contribution in [0.1, 0.15) is 5.56 Å². The topological polar surface area (TPSA) is 64.5 Å². The van der Waals surface area contributed by atoms with Crippen molar-refractivity contribution >= 4 is 11.6 Å². The lowest BCUT2D eigenvalue weighted by Crippen LogP contribution is -1.95. The van der Waals surface area contributed by atoms with E-state index in [1.165, 1.54) is 14.2 Å². The van der Waals surface area contributed by atoms with Gasteiger partial charge < -0.3 is 14.6 Å². The van der Waals surface area contributed by atoms with Gasteiger partial charge in [0.05, 0.1) is 25.8 Å². The highest BCUT2D eigenvalue weighted by Crippen LogP contribution is 2.38. The molecule has 2 rings (SSSR count). The molecule has 100 valence electrons. The molecule has 0 saturated carbocycles. The summed E-state index contributed by atoms with van der Waals surface area (Å²) in [4.78, 5) is 8.33. The van der Waals surface area contributed by atoms with Gasteiger partial charge in [-0.05, 0) is 12.1 Å². The van der Waals surface area contributed by atoms with Gasteiger partial charge in [-0.3, -0.25) is 0 Å². The van der Waals surface area contributed by atoms with Gasteiger partial charge >= 0.3 is 0 Å². The van der Waals surface area contributed by atoms with Gasteiger partial charge in [-0.15, -0.1) is 0 Å². The third-order valence-corrected chi connectivity index (χ3v) is 2.86. The van der Waals surface area contributed by atoms with Crippen LogP contribution in [0.2, 0.25) is 5.02 Å². The summed E-state index contributed by atoms with van der Waals surface area (Å²) in [6, 6.07) is 3.45. The van der Waals surface area contributed by atoms with Gasteiger partial charge in [-0.1, -0.05) is 11.6 Å². The van der Waals surface area contributed by atoms with Crippen LogP contribution in [0.4, 0.5) is 0 Å². The van der Waals surface area contributed by atoms with Crippen molar-refractivity contribution in [2.24, 2.45) is 0 Å². The van der Waals surface area contributed by atoms with Crippen molar-refractivity contribution in [3.05, 3.63) is 35.1 Å². The van der Waals surface area contributed by atoms with Crippen molar-refractivity contribution in [3.8, 4) is 22.9 Å². The van der Waals surface area contributed by atoms with Gasteiger partial charge in [0.1, 0.15) is 0 Å². The fraction of sp³-hybridized carbons (Fsp3) is 0.231. The normalized spacial score (nSPS) is 10.3. The maximum absolute atomic E-state index is 8.96. The minimum Gasteiger partial charge on any atom is -0.493 e. The van der Waals surface area contributed by atoms with Crippen LogP contribution < -0.4 is 9.47 Å². The smallest absolute Gasteiger partial charge is 0.179 e. The first-order valence-electron chi connectivity index (χ1n) is 5.53. The van der Waals surface area contributed by atoms with Crippen molar-refractivity contribution < 1.29 is 14.6 Å². The molecular formula is C13H13ClN2O3. The zero-order chi connectivity index (χ0) is 13.8. The Balaban J connectivity index is 2.47. The third kappa shape index (κ3) is 2.77. The average Bonchev–Trinajstić information content (AvgIpc) is 2.46. The number of ether oxygens (including phenoxy) is 2. The van der Waals surface area contributed by atoms with E-state index >= 15 is 0 Å². The van der Waals surface area contributed by atoms with E-state index in [-0.39, 0.29) is 6.61 Å². The van der Waals surface area contributed by atoms with Gasteiger partial charge in [0.25, 0.3) is 0 Å². The van der Waals surface area contributed by atoms with Crippen molar-refractivity contribution in [2.75, 3.05) is 14.2 Å². The first kappa shape index (κ1) is 13.6. The van der Waals surface area contributed by atoms with Gasteiger partial charge in [0, 0.05) is 23.5 Å². The molecular weight excluding hydrogens is 268 g/mol. The van der Waals surface area contributed by atoms with E-state index in [1.807, 2.05) is 0 Å². The molecule has 1 heterocycles. The number of methoxy groups -OCH3 is 2. The van der Waals surface area contributed by atoms with Crippen molar-refractivity contribution in [1.29, 1.82) is 0 Å². The number of nitrogens with zero attached hydrogens (tertiary/aromatic N) is 2. The molecule has 0 aliphatic heterocycles. The second kappa shape index (κ2) is 5.86.